The van der Waals surface area contributed by atoms with Crippen molar-refractivity contribution in [3.63, 3.8) is 0 Å². The van der Waals surface area contributed by atoms with Gasteiger partial charge in [-0.05, 0) is 59.5 Å². The number of aromatic nitrogens is 1. The summed E-state index contributed by atoms with van der Waals surface area (Å²) in [6.07, 6.45) is 5.96. The molecule has 0 saturated carbocycles. The summed E-state index contributed by atoms with van der Waals surface area (Å²) >= 11 is 0. The molecule has 0 N–H and O–H groups in total. The lowest BCUT2D eigenvalue weighted by molar-refractivity contribution is 0.0963. The zero-order valence-electron chi connectivity index (χ0n) is 11.9. The van der Waals surface area contributed by atoms with E-state index in [0.29, 0.717) is 12.3 Å². The zero-order chi connectivity index (χ0) is 14.9. The minimum Gasteiger partial charge on any atom is -0.459 e. The van der Waals surface area contributed by atoms with Crippen LogP contribution in [0.3, 0.4) is 0 Å². The SMILES string of the molecule is O=C(c1ccco1)N1CCc2cc(-c3ccncc3)ccc21. The third-order valence-electron chi connectivity index (χ3n) is 3.97. The molecule has 4 nitrogen and oxygen atoms in total. The Bertz CT molecular complexity index is 810. The molecule has 0 bridgehead atoms. The molecule has 4 heteroatoms. The molecule has 1 aliphatic heterocycles. The van der Waals surface area contributed by atoms with Crippen LogP contribution in [0.2, 0.25) is 0 Å². The van der Waals surface area contributed by atoms with E-state index < -0.39 is 0 Å². The quantitative estimate of drug-likeness (QED) is 0.725. The summed E-state index contributed by atoms with van der Waals surface area (Å²) in [5, 5.41) is 0. The first-order valence-electron chi connectivity index (χ1n) is 7.21. The van der Waals surface area contributed by atoms with Gasteiger partial charge >= 0.3 is 0 Å². The van der Waals surface area contributed by atoms with Gasteiger partial charge in [-0.15, -0.1) is 0 Å². The van der Waals surface area contributed by atoms with Gasteiger partial charge in [-0.1, -0.05) is 6.07 Å². The number of fused-ring (bicyclic) bond motifs is 1. The minimum atomic E-state index is -0.0830. The zero-order valence-corrected chi connectivity index (χ0v) is 11.9. The third-order valence-corrected chi connectivity index (χ3v) is 3.97. The lowest BCUT2D eigenvalue weighted by Crippen LogP contribution is -2.28. The number of benzene rings is 1. The fraction of sp³-hybridized carbons (Fsp3) is 0.111. The predicted molar refractivity (Wildman–Crippen MR) is 83.8 cm³/mol. The molecule has 0 aliphatic carbocycles. The molecule has 0 saturated heterocycles. The van der Waals surface area contributed by atoms with E-state index in [2.05, 4.69) is 11.1 Å². The number of pyridine rings is 1. The average molecular weight is 290 g/mol. The Labute approximate surface area is 128 Å². The molecule has 22 heavy (non-hydrogen) atoms. The van der Waals surface area contributed by atoms with Gasteiger partial charge in [0.25, 0.3) is 5.91 Å². The molecular formula is C18H14N2O2. The third kappa shape index (κ3) is 2.09. The molecule has 0 spiro atoms. The van der Waals surface area contributed by atoms with Crippen LogP contribution in [0.25, 0.3) is 11.1 Å². The number of amides is 1. The smallest absolute Gasteiger partial charge is 0.293 e. The van der Waals surface area contributed by atoms with Gasteiger partial charge in [-0.2, -0.15) is 0 Å². The van der Waals surface area contributed by atoms with E-state index in [-0.39, 0.29) is 5.91 Å². The van der Waals surface area contributed by atoms with Crippen LogP contribution >= 0.6 is 0 Å². The molecule has 1 aliphatic rings. The van der Waals surface area contributed by atoms with Crippen LogP contribution in [0.5, 0.6) is 0 Å². The van der Waals surface area contributed by atoms with E-state index >= 15 is 0 Å². The van der Waals surface area contributed by atoms with Crippen LogP contribution in [0, 0.1) is 0 Å². The van der Waals surface area contributed by atoms with Crippen molar-refractivity contribution in [2.45, 2.75) is 6.42 Å². The Morgan fingerprint density at radius 3 is 2.73 bits per heavy atom. The lowest BCUT2D eigenvalue weighted by Gasteiger charge is -2.16. The summed E-state index contributed by atoms with van der Waals surface area (Å²) in [4.78, 5) is 18.3. The number of nitrogens with zero attached hydrogens (tertiary/aromatic N) is 2. The molecule has 0 radical (unpaired) electrons. The first-order valence-corrected chi connectivity index (χ1v) is 7.21. The number of carbonyl (C=O) groups is 1. The maximum Gasteiger partial charge on any atom is 0.293 e. The van der Waals surface area contributed by atoms with E-state index in [1.807, 2.05) is 24.3 Å². The second kappa shape index (κ2) is 5.15. The molecule has 0 fully saturated rings. The number of carbonyl (C=O) groups excluding carboxylic acids is 1. The maximum atomic E-state index is 12.4. The topological polar surface area (TPSA) is 46.3 Å². The van der Waals surface area contributed by atoms with Crippen molar-refractivity contribution in [3.8, 4) is 11.1 Å². The number of anilines is 1. The fourth-order valence-corrected chi connectivity index (χ4v) is 2.87. The van der Waals surface area contributed by atoms with Crippen LogP contribution in [-0.4, -0.2) is 17.4 Å². The summed E-state index contributed by atoms with van der Waals surface area (Å²) in [7, 11) is 0. The highest BCUT2D eigenvalue weighted by molar-refractivity contribution is 6.05. The van der Waals surface area contributed by atoms with E-state index in [1.165, 1.54) is 11.8 Å². The highest BCUT2D eigenvalue weighted by Gasteiger charge is 2.27. The monoisotopic (exact) mass is 290 g/mol. The molecule has 2 aromatic heterocycles. The van der Waals surface area contributed by atoms with Crippen LogP contribution in [0.1, 0.15) is 16.1 Å². The molecule has 0 atom stereocenters. The lowest BCUT2D eigenvalue weighted by atomic mass is 10.0. The van der Waals surface area contributed by atoms with Crippen molar-refractivity contribution in [1.29, 1.82) is 0 Å². The van der Waals surface area contributed by atoms with Crippen molar-refractivity contribution in [2.75, 3.05) is 11.4 Å². The first-order chi connectivity index (χ1) is 10.8. The van der Waals surface area contributed by atoms with E-state index in [1.54, 1.807) is 29.4 Å². The molecule has 1 aromatic carbocycles. The highest BCUT2D eigenvalue weighted by Crippen LogP contribution is 2.33. The number of rotatable bonds is 2. The predicted octanol–water partition coefficient (Wildman–Crippen LogP) is 3.54. The van der Waals surface area contributed by atoms with Crippen molar-refractivity contribution >= 4 is 11.6 Å². The second-order valence-electron chi connectivity index (χ2n) is 5.26. The molecule has 3 heterocycles. The molecule has 108 valence electrons. The van der Waals surface area contributed by atoms with Gasteiger partial charge in [-0.25, -0.2) is 0 Å². The molecule has 4 rings (SSSR count). The highest BCUT2D eigenvalue weighted by atomic mass is 16.3. The normalized spacial score (nSPS) is 13.2. The van der Waals surface area contributed by atoms with Crippen LogP contribution in [-0.2, 0) is 6.42 Å². The molecule has 3 aromatic rings. The van der Waals surface area contributed by atoms with Gasteiger partial charge in [-0.3, -0.25) is 9.78 Å². The Kier molecular flexibility index (Phi) is 3.00. The summed E-state index contributed by atoms with van der Waals surface area (Å²) in [6.45, 7) is 0.689. The summed E-state index contributed by atoms with van der Waals surface area (Å²) < 4.78 is 5.22. The average Bonchev–Trinajstić information content (AvgIpc) is 3.24. The molecule has 0 unspecified atom stereocenters. The number of hydrogen-bond acceptors (Lipinski definition) is 3. The Morgan fingerprint density at radius 1 is 1.09 bits per heavy atom. The maximum absolute atomic E-state index is 12.4. The van der Waals surface area contributed by atoms with Gasteiger partial charge in [0, 0.05) is 24.6 Å². The Balaban J connectivity index is 1.68. The van der Waals surface area contributed by atoms with Crippen LogP contribution in [0.15, 0.2) is 65.5 Å². The van der Waals surface area contributed by atoms with Crippen LogP contribution < -0.4 is 4.90 Å². The summed E-state index contributed by atoms with van der Waals surface area (Å²) in [6, 6.07) is 13.6. The van der Waals surface area contributed by atoms with Crippen molar-refractivity contribution in [3.05, 3.63) is 72.4 Å². The summed E-state index contributed by atoms with van der Waals surface area (Å²) in [5.41, 5.74) is 4.44. The largest absolute Gasteiger partial charge is 0.459 e. The van der Waals surface area contributed by atoms with Crippen molar-refractivity contribution in [2.24, 2.45) is 0 Å². The van der Waals surface area contributed by atoms with E-state index in [0.717, 1.165) is 23.2 Å². The minimum absolute atomic E-state index is 0.0830. The van der Waals surface area contributed by atoms with E-state index in [9.17, 15) is 4.79 Å². The standard InChI is InChI=1S/C18H14N2O2/c21-18(17-2-1-11-22-17)20-10-7-15-12-14(3-4-16(15)20)13-5-8-19-9-6-13/h1-6,8-9,11-12H,7,10H2. The summed E-state index contributed by atoms with van der Waals surface area (Å²) in [5.74, 6) is 0.298. The number of furan rings is 1. The van der Waals surface area contributed by atoms with Gasteiger partial charge in [0.1, 0.15) is 0 Å². The Hall–Kier alpha value is -2.88. The molecule has 1 amide bonds. The van der Waals surface area contributed by atoms with Gasteiger partial charge in [0.15, 0.2) is 5.76 Å². The van der Waals surface area contributed by atoms with Crippen molar-refractivity contribution in [1.82, 2.24) is 4.98 Å². The van der Waals surface area contributed by atoms with Gasteiger partial charge < -0.3 is 9.32 Å². The first kappa shape index (κ1) is 12.8. The second-order valence-corrected chi connectivity index (χ2v) is 5.26. The fourth-order valence-electron chi connectivity index (χ4n) is 2.87. The van der Waals surface area contributed by atoms with Gasteiger partial charge in [0.05, 0.1) is 6.26 Å². The molecular weight excluding hydrogens is 276 g/mol. The van der Waals surface area contributed by atoms with Crippen LogP contribution in [0.4, 0.5) is 5.69 Å². The van der Waals surface area contributed by atoms with E-state index in [4.69, 9.17) is 4.42 Å². The van der Waals surface area contributed by atoms with Crippen molar-refractivity contribution < 1.29 is 9.21 Å². The Morgan fingerprint density at radius 2 is 1.95 bits per heavy atom. The number of hydrogen-bond donors (Lipinski definition) is 0. The van der Waals surface area contributed by atoms with Gasteiger partial charge in [0.2, 0.25) is 0 Å².